The van der Waals surface area contributed by atoms with Crippen molar-refractivity contribution in [3.8, 4) is 0 Å². The van der Waals surface area contributed by atoms with E-state index in [4.69, 9.17) is 5.73 Å². The highest BCUT2D eigenvalue weighted by Crippen LogP contribution is 2.14. The zero-order chi connectivity index (χ0) is 11.2. The molecule has 2 N–H and O–H groups in total. The van der Waals surface area contributed by atoms with Crippen LogP contribution in [0.1, 0.15) is 27.2 Å². The first-order valence-corrected chi connectivity index (χ1v) is 5.21. The van der Waals surface area contributed by atoms with Gasteiger partial charge in [-0.15, -0.1) is 0 Å². The van der Waals surface area contributed by atoms with Gasteiger partial charge in [-0.1, -0.05) is 20.8 Å². The predicted molar refractivity (Wildman–Crippen MR) is 55.6 cm³/mol. The van der Waals surface area contributed by atoms with Crippen molar-refractivity contribution in [3.63, 3.8) is 0 Å². The monoisotopic (exact) mass is 208 g/mol. The van der Waals surface area contributed by atoms with Gasteiger partial charge < -0.3 is 5.73 Å². The van der Waals surface area contributed by atoms with Crippen LogP contribution in [0.3, 0.4) is 0 Å². The number of hydrogen-bond donors (Lipinski definition) is 1. The number of hydrogen-bond acceptors (Lipinski definition) is 2. The van der Waals surface area contributed by atoms with Crippen LogP contribution in [0.2, 0.25) is 0 Å². The van der Waals surface area contributed by atoms with E-state index >= 15 is 0 Å². The number of nitrogens with zero attached hydrogens (tertiary/aromatic N) is 1. The second kappa shape index (κ2) is 6.30. The van der Waals surface area contributed by atoms with E-state index in [1.54, 1.807) is 4.90 Å². The summed E-state index contributed by atoms with van der Waals surface area (Å²) in [6.45, 7) is 6.71. The van der Waals surface area contributed by atoms with Gasteiger partial charge in [0, 0.05) is 6.54 Å². The fourth-order valence-corrected chi connectivity index (χ4v) is 1.46. The van der Waals surface area contributed by atoms with Crippen LogP contribution in [0.25, 0.3) is 0 Å². The normalized spacial score (nSPS) is 12.9. The van der Waals surface area contributed by atoms with E-state index in [1.807, 2.05) is 20.8 Å². The molecule has 2 nitrogen and oxygen atoms in total. The zero-order valence-electron chi connectivity index (χ0n) is 9.39. The summed E-state index contributed by atoms with van der Waals surface area (Å²) in [6, 6.07) is 0. The Balaban J connectivity index is 4.07. The third-order valence-corrected chi connectivity index (χ3v) is 1.92. The molecular weight excluding hydrogens is 186 g/mol. The van der Waals surface area contributed by atoms with Crippen molar-refractivity contribution < 1.29 is 8.78 Å². The Morgan fingerprint density at radius 2 is 1.93 bits per heavy atom. The maximum absolute atomic E-state index is 13.0. The molecule has 0 aliphatic carbocycles. The van der Waals surface area contributed by atoms with Gasteiger partial charge in [0.05, 0.1) is 13.1 Å². The van der Waals surface area contributed by atoms with Gasteiger partial charge in [-0.2, -0.15) is 0 Å². The highest BCUT2D eigenvalue weighted by molar-refractivity contribution is 4.73. The molecule has 0 radical (unpaired) electrons. The Labute approximate surface area is 85.5 Å². The van der Waals surface area contributed by atoms with Gasteiger partial charge in [-0.3, -0.25) is 4.90 Å². The minimum Gasteiger partial charge on any atom is -0.325 e. The molecule has 0 bridgehead atoms. The lowest BCUT2D eigenvalue weighted by molar-refractivity contribution is -0.0257. The van der Waals surface area contributed by atoms with Gasteiger partial charge in [0.2, 0.25) is 0 Å². The van der Waals surface area contributed by atoms with Crippen LogP contribution < -0.4 is 5.73 Å². The van der Waals surface area contributed by atoms with Crippen LogP contribution in [-0.2, 0) is 0 Å². The maximum Gasteiger partial charge on any atom is 0.272 e. The van der Waals surface area contributed by atoms with Crippen molar-refractivity contribution in [3.05, 3.63) is 0 Å². The molecule has 0 amide bonds. The van der Waals surface area contributed by atoms with Crippen LogP contribution in [0.15, 0.2) is 0 Å². The summed E-state index contributed by atoms with van der Waals surface area (Å²) in [5, 5.41) is 0. The minimum absolute atomic E-state index is 0.213. The minimum atomic E-state index is -2.75. The van der Waals surface area contributed by atoms with Crippen LogP contribution in [0.5, 0.6) is 0 Å². The second-order valence-electron chi connectivity index (χ2n) is 4.19. The molecule has 0 saturated heterocycles. The van der Waals surface area contributed by atoms with E-state index in [0.29, 0.717) is 19.0 Å². The summed E-state index contributed by atoms with van der Waals surface area (Å²) in [7, 11) is 0. The van der Waals surface area contributed by atoms with E-state index in [0.717, 1.165) is 6.42 Å². The molecule has 4 heteroatoms. The molecule has 0 aromatic rings. The molecule has 0 aliphatic rings. The molecule has 0 atom stereocenters. The molecule has 0 rings (SSSR count). The van der Waals surface area contributed by atoms with Crippen LogP contribution in [0, 0.1) is 5.92 Å². The molecule has 0 aromatic heterocycles. The average Bonchev–Trinajstić information content (AvgIpc) is 2.03. The van der Waals surface area contributed by atoms with Crippen molar-refractivity contribution in [2.75, 3.05) is 26.2 Å². The van der Waals surface area contributed by atoms with Crippen LogP contribution in [0.4, 0.5) is 8.78 Å². The standard InChI is InChI=1S/C10H22F2N2/c1-4-5-14(6-9(2)3)8-10(11,12)7-13/h9H,4-8,13H2,1-3H3. The highest BCUT2D eigenvalue weighted by atomic mass is 19.3. The molecule has 0 saturated carbocycles. The van der Waals surface area contributed by atoms with Gasteiger partial charge in [0.25, 0.3) is 5.92 Å². The Morgan fingerprint density at radius 3 is 2.29 bits per heavy atom. The summed E-state index contributed by atoms with van der Waals surface area (Å²) >= 11 is 0. The molecule has 0 fully saturated rings. The smallest absolute Gasteiger partial charge is 0.272 e. The van der Waals surface area contributed by atoms with E-state index in [1.165, 1.54) is 0 Å². The molecule has 0 unspecified atom stereocenters. The summed E-state index contributed by atoms with van der Waals surface area (Å²) in [5.74, 6) is -2.33. The molecule has 0 aliphatic heterocycles. The van der Waals surface area contributed by atoms with Gasteiger partial charge >= 0.3 is 0 Å². The summed E-state index contributed by atoms with van der Waals surface area (Å²) in [4.78, 5) is 1.79. The number of rotatable bonds is 7. The van der Waals surface area contributed by atoms with Gasteiger partial charge in [0.1, 0.15) is 0 Å². The lowest BCUT2D eigenvalue weighted by atomic mass is 10.2. The number of alkyl halides is 2. The van der Waals surface area contributed by atoms with Crippen molar-refractivity contribution >= 4 is 0 Å². The third-order valence-electron chi connectivity index (χ3n) is 1.92. The number of nitrogens with two attached hydrogens (primary N) is 1. The first-order chi connectivity index (χ1) is 6.41. The Bertz CT molecular complexity index is 149. The van der Waals surface area contributed by atoms with Gasteiger partial charge in [0.15, 0.2) is 0 Å². The third kappa shape index (κ3) is 6.27. The fourth-order valence-electron chi connectivity index (χ4n) is 1.46. The van der Waals surface area contributed by atoms with Crippen molar-refractivity contribution in [2.45, 2.75) is 33.1 Å². The topological polar surface area (TPSA) is 29.3 Å². The molecule has 0 aromatic carbocycles. The Morgan fingerprint density at radius 1 is 1.36 bits per heavy atom. The first-order valence-electron chi connectivity index (χ1n) is 5.21. The van der Waals surface area contributed by atoms with E-state index in [-0.39, 0.29) is 6.54 Å². The van der Waals surface area contributed by atoms with E-state index in [9.17, 15) is 8.78 Å². The summed E-state index contributed by atoms with van der Waals surface area (Å²) < 4.78 is 26.0. The van der Waals surface area contributed by atoms with Crippen LogP contribution >= 0.6 is 0 Å². The zero-order valence-corrected chi connectivity index (χ0v) is 9.39. The quantitative estimate of drug-likeness (QED) is 0.693. The van der Waals surface area contributed by atoms with E-state index < -0.39 is 12.5 Å². The SMILES string of the molecule is CCCN(CC(C)C)CC(F)(F)CN. The molecule has 14 heavy (non-hydrogen) atoms. The van der Waals surface area contributed by atoms with Gasteiger partial charge in [-0.05, 0) is 18.9 Å². The van der Waals surface area contributed by atoms with Crippen molar-refractivity contribution in [2.24, 2.45) is 11.7 Å². The average molecular weight is 208 g/mol. The van der Waals surface area contributed by atoms with Crippen molar-refractivity contribution in [1.82, 2.24) is 4.90 Å². The van der Waals surface area contributed by atoms with Gasteiger partial charge in [-0.25, -0.2) is 8.78 Å². The van der Waals surface area contributed by atoms with E-state index in [2.05, 4.69) is 0 Å². The largest absolute Gasteiger partial charge is 0.325 e. The second-order valence-corrected chi connectivity index (χ2v) is 4.19. The Hall–Kier alpha value is -0.220. The molecule has 0 spiro atoms. The molecular formula is C10H22F2N2. The first kappa shape index (κ1) is 13.8. The molecule has 86 valence electrons. The lowest BCUT2D eigenvalue weighted by Gasteiger charge is -2.27. The lowest BCUT2D eigenvalue weighted by Crippen LogP contribution is -2.43. The van der Waals surface area contributed by atoms with Crippen LogP contribution in [-0.4, -0.2) is 37.0 Å². The number of halogens is 2. The fraction of sp³-hybridized carbons (Fsp3) is 1.00. The summed E-state index contributed by atoms with van der Waals surface area (Å²) in [6.07, 6.45) is 0.896. The Kier molecular flexibility index (Phi) is 6.20. The van der Waals surface area contributed by atoms with Crippen molar-refractivity contribution in [1.29, 1.82) is 0 Å². The highest BCUT2D eigenvalue weighted by Gasteiger charge is 2.29. The maximum atomic E-state index is 13.0. The summed E-state index contributed by atoms with van der Waals surface area (Å²) in [5.41, 5.74) is 5.00. The molecule has 0 heterocycles. The predicted octanol–water partition coefficient (Wildman–Crippen LogP) is 1.95.